The fourth-order valence-corrected chi connectivity index (χ4v) is 3.89. The molecule has 3 aromatic carbocycles. The minimum Gasteiger partial charge on any atom is -0.334 e. The van der Waals surface area contributed by atoms with E-state index < -0.39 is 6.04 Å². The van der Waals surface area contributed by atoms with Gasteiger partial charge < -0.3 is 9.42 Å². The highest BCUT2D eigenvalue weighted by Crippen LogP contribution is 2.34. The third kappa shape index (κ3) is 4.26. The number of carbonyl (C=O) groups excluding carboxylic acids is 1. The third-order valence-corrected chi connectivity index (χ3v) is 5.51. The normalized spacial score (nSPS) is 15.4. The predicted octanol–water partition coefficient (Wildman–Crippen LogP) is 4.98. The summed E-state index contributed by atoms with van der Waals surface area (Å²) in [6.07, 6.45) is 2.22. The lowest BCUT2D eigenvalue weighted by atomic mass is 10.0. The van der Waals surface area contributed by atoms with E-state index in [2.05, 4.69) is 15.6 Å². The number of hydrogen-bond donors (Lipinski definition) is 1. The smallest absolute Gasteiger partial charge is 0.258 e. The molecule has 0 bridgehead atoms. The molecule has 1 atom stereocenters. The second-order valence-electron chi connectivity index (χ2n) is 7.66. The largest absolute Gasteiger partial charge is 0.334 e. The van der Waals surface area contributed by atoms with Crippen molar-refractivity contribution >= 4 is 5.91 Å². The highest BCUT2D eigenvalue weighted by Gasteiger charge is 2.35. The summed E-state index contributed by atoms with van der Waals surface area (Å²) in [6, 6.07) is 26.8. The minimum absolute atomic E-state index is 0.154. The highest BCUT2D eigenvalue weighted by molar-refractivity contribution is 5.96. The van der Waals surface area contributed by atoms with Gasteiger partial charge in [-0.05, 0) is 35.4 Å². The molecule has 1 unspecified atom stereocenters. The Kier molecular flexibility index (Phi) is 5.70. The fourth-order valence-electron chi connectivity index (χ4n) is 3.89. The van der Waals surface area contributed by atoms with Gasteiger partial charge in [0.2, 0.25) is 0 Å². The molecule has 7 heteroatoms. The van der Waals surface area contributed by atoms with Crippen molar-refractivity contribution < 1.29 is 14.2 Å². The molecule has 1 aromatic heterocycles. The first kappa shape index (κ1) is 20.7. The van der Waals surface area contributed by atoms with Crippen molar-refractivity contribution in [1.29, 1.82) is 0 Å². The first-order valence-electron chi connectivity index (χ1n) is 10.6. The predicted molar refractivity (Wildman–Crippen MR) is 123 cm³/mol. The van der Waals surface area contributed by atoms with Crippen LogP contribution in [0.5, 0.6) is 0 Å². The average molecular weight is 438 g/mol. The van der Waals surface area contributed by atoms with Crippen molar-refractivity contribution in [1.82, 2.24) is 20.5 Å². The van der Waals surface area contributed by atoms with Crippen molar-refractivity contribution in [2.75, 3.05) is 7.11 Å². The van der Waals surface area contributed by atoms with Crippen LogP contribution < -0.4 is 5.48 Å². The van der Waals surface area contributed by atoms with E-state index >= 15 is 0 Å². The Labute approximate surface area is 191 Å². The summed E-state index contributed by atoms with van der Waals surface area (Å²) in [6.45, 7) is 0. The Morgan fingerprint density at radius 1 is 0.939 bits per heavy atom. The van der Waals surface area contributed by atoms with Crippen LogP contribution in [0.1, 0.15) is 28.6 Å². The maximum absolute atomic E-state index is 13.4. The van der Waals surface area contributed by atoms with Crippen LogP contribution in [0.3, 0.4) is 0 Å². The van der Waals surface area contributed by atoms with Gasteiger partial charge in [0.1, 0.15) is 6.04 Å². The van der Waals surface area contributed by atoms with Crippen LogP contribution >= 0.6 is 0 Å². The SMILES string of the molecule is CONC1=CN(C(=O)c2ccc(-c3ccccc3)cc2)C(c2noc(-c3ccccc3)n2)C1. The molecule has 7 nitrogen and oxygen atoms in total. The van der Waals surface area contributed by atoms with Gasteiger partial charge >= 0.3 is 0 Å². The van der Waals surface area contributed by atoms with Gasteiger partial charge in [-0.15, -0.1) is 0 Å². The van der Waals surface area contributed by atoms with Gasteiger partial charge in [-0.2, -0.15) is 4.98 Å². The Morgan fingerprint density at radius 2 is 1.58 bits per heavy atom. The number of nitrogens with one attached hydrogen (secondary N) is 1. The van der Waals surface area contributed by atoms with Crippen LogP contribution in [-0.2, 0) is 4.84 Å². The lowest BCUT2D eigenvalue weighted by molar-refractivity contribution is 0.0777. The number of nitrogens with zero attached hydrogens (tertiary/aromatic N) is 3. The molecular formula is C26H22N4O3. The molecule has 0 radical (unpaired) electrons. The molecule has 0 fully saturated rings. The van der Waals surface area contributed by atoms with Gasteiger partial charge in [-0.3, -0.25) is 15.1 Å². The van der Waals surface area contributed by atoms with Crippen molar-refractivity contribution in [3.63, 3.8) is 0 Å². The number of hydroxylamine groups is 1. The third-order valence-electron chi connectivity index (χ3n) is 5.51. The van der Waals surface area contributed by atoms with Crippen LogP contribution in [0.4, 0.5) is 0 Å². The van der Waals surface area contributed by atoms with E-state index in [0.29, 0.717) is 23.7 Å². The van der Waals surface area contributed by atoms with Crippen molar-refractivity contribution in [2.24, 2.45) is 0 Å². The first-order valence-corrected chi connectivity index (χ1v) is 10.6. The minimum atomic E-state index is -0.412. The standard InChI is InChI=1S/C26H22N4O3/c1-32-28-22-16-23(24-27-25(33-29-24)20-10-6-3-7-11-20)30(17-22)26(31)21-14-12-19(13-15-21)18-8-4-2-5-9-18/h2-15,17,23,28H,16H2,1H3. The zero-order valence-electron chi connectivity index (χ0n) is 18.0. The van der Waals surface area contributed by atoms with Crippen molar-refractivity contribution in [3.05, 3.63) is 108 Å². The Balaban J connectivity index is 1.42. The van der Waals surface area contributed by atoms with Crippen LogP contribution in [0, 0.1) is 0 Å². The van der Waals surface area contributed by atoms with E-state index in [1.807, 2.05) is 84.9 Å². The van der Waals surface area contributed by atoms with Gasteiger partial charge in [-0.25, -0.2) is 0 Å². The van der Waals surface area contributed by atoms with Crippen molar-refractivity contribution in [3.8, 4) is 22.6 Å². The number of amides is 1. The molecule has 0 saturated heterocycles. The second-order valence-corrected chi connectivity index (χ2v) is 7.66. The van der Waals surface area contributed by atoms with Gasteiger partial charge in [-0.1, -0.05) is 65.8 Å². The summed E-state index contributed by atoms with van der Waals surface area (Å²) in [7, 11) is 1.53. The average Bonchev–Trinajstić information content (AvgIpc) is 3.53. The molecule has 0 saturated carbocycles. The molecule has 1 aliphatic rings. The first-order chi connectivity index (χ1) is 16.2. The quantitative estimate of drug-likeness (QED) is 0.428. The molecule has 33 heavy (non-hydrogen) atoms. The van der Waals surface area contributed by atoms with Gasteiger partial charge in [0.05, 0.1) is 12.8 Å². The molecule has 1 amide bonds. The molecule has 1 aliphatic heterocycles. The van der Waals surface area contributed by atoms with Crippen LogP contribution in [0.15, 0.2) is 101 Å². The van der Waals surface area contributed by atoms with E-state index in [1.165, 1.54) is 7.11 Å². The summed E-state index contributed by atoms with van der Waals surface area (Å²) in [5.74, 6) is 0.698. The zero-order valence-corrected chi connectivity index (χ0v) is 18.0. The Hall–Kier alpha value is -4.23. The van der Waals surface area contributed by atoms with E-state index in [0.717, 1.165) is 22.4 Å². The molecule has 164 valence electrons. The summed E-state index contributed by atoms with van der Waals surface area (Å²) < 4.78 is 5.48. The summed E-state index contributed by atoms with van der Waals surface area (Å²) in [5.41, 5.74) is 7.13. The molecule has 1 N–H and O–H groups in total. The van der Waals surface area contributed by atoms with E-state index in [1.54, 1.807) is 11.1 Å². The maximum Gasteiger partial charge on any atom is 0.258 e. The summed E-state index contributed by atoms with van der Waals surface area (Å²) in [4.78, 5) is 24.7. The van der Waals surface area contributed by atoms with E-state index in [9.17, 15) is 4.79 Å². The second kappa shape index (κ2) is 9.10. The van der Waals surface area contributed by atoms with Gasteiger partial charge in [0.25, 0.3) is 11.8 Å². The topological polar surface area (TPSA) is 80.5 Å². The molecule has 0 aliphatic carbocycles. The lowest BCUT2D eigenvalue weighted by Gasteiger charge is -2.21. The lowest BCUT2D eigenvalue weighted by Crippen LogP contribution is -2.28. The molecule has 0 spiro atoms. The van der Waals surface area contributed by atoms with Crippen LogP contribution in [0.25, 0.3) is 22.6 Å². The van der Waals surface area contributed by atoms with Crippen molar-refractivity contribution in [2.45, 2.75) is 12.5 Å². The summed E-state index contributed by atoms with van der Waals surface area (Å²) in [5, 5.41) is 4.17. The zero-order chi connectivity index (χ0) is 22.6. The van der Waals surface area contributed by atoms with Gasteiger partial charge in [0, 0.05) is 23.7 Å². The van der Waals surface area contributed by atoms with Gasteiger partial charge in [0.15, 0.2) is 5.82 Å². The Bertz CT molecular complexity index is 1270. The highest BCUT2D eigenvalue weighted by atomic mass is 16.6. The number of benzene rings is 3. The van der Waals surface area contributed by atoms with E-state index in [4.69, 9.17) is 9.36 Å². The summed E-state index contributed by atoms with van der Waals surface area (Å²) >= 11 is 0. The van der Waals surface area contributed by atoms with E-state index in [-0.39, 0.29) is 5.91 Å². The number of hydrogen-bond acceptors (Lipinski definition) is 6. The maximum atomic E-state index is 13.4. The molecule has 2 heterocycles. The molecule has 5 rings (SSSR count). The Morgan fingerprint density at radius 3 is 2.24 bits per heavy atom. The molecule has 4 aromatic rings. The number of carbonyl (C=O) groups is 1. The molecular weight excluding hydrogens is 416 g/mol. The number of rotatable bonds is 6. The fraction of sp³-hybridized carbons (Fsp3) is 0.115. The monoisotopic (exact) mass is 438 g/mol. The number of aromatic nitrogens is 2. The van der Waals surface area contributed by atoms with Crippen LogP contribution in [0.2, 0.25) is 0 Å². The van der Waals surface area contributed by atoms with Crippen LogP contribution in [-0.4, -0.2) is 28.1 Å².